The number of allylic oxidation sites excluding steroid dienone is 1. The average molecular weight is 208 g/mol. The summed E-state index contributed by atoms with van der Waals surface area (Å²) in [5.41, 5.74) is 1.08. The lowest BCUT2D eigenvalue weighted by Crippen LogP contribution is -2.08. The second-order valence-electron chi connectivity index (χ2n) is 3.16. The molecule has 0 fully saturated rings. The molecule has 1 atom stereocenters. The molecule has 12 heavy (non-hydrogen) atoms. The van der Waals surface area contributed by atoms with E-state index in [1.54, 1.807) is 13.4 Å². The average Bonchev–Trinajstić information content (AvgIpc) is 2.32. The van der Waals surface area contributed by atoms with Crippen LogP contribution < -0.4 is 5.09 Å². The highest BCUT2D eigenvalue weighted by atomic mass is 32.7. The third-order valence-electron chi connectivity index (χ3n) is 1.50. The lowest BCUT2D eigenvalue weighted by atomic mass is 10.1. The molecule has 0 bridgehead atoms. The van der Waals surface area contributed by atoms with E-state index in [0.29, 0.717) is 5.92 Å². The molecule has 0 aromatic carbocycles. The van der Waals surface area contributed by atoms with Gasteiger partial charge in [-0.2, -0.15) is 9.61 Å². The summed E-state index contributed by atoms with van der Waals surface area (Å²) >= 11 is 4.27. The molecule has 0 saturated carbocycles. The van der Waals surface area contributed by atoms with Crippen molar-refractivity contribution < 1.29 is 9.05 Å². The van der Waals surface area contributed by atoms with Gasteiger partial charge in [0.25, 0.3) is 0 Å². The fourth-order valence-electron chi connectivity index (χ4n) is 0.992. The first-order valence-electron chi connectivity index (χ1n) is 3.89. The standard InChI is InChI=1S/C7H15NO2PS/c1-6(2)4-7-5-10-11(12,8-7)9-3/h5-6,8,12H,4H2,1-3H3/q+1. The van der Waals surface area contributed by atoms with Crippen molar-refractivity contribution in [1.82, 2.24) is 5.09 Å². The van der Waals surface area contributed by atoms with Crippen molar-refractivity contribution in [3.05, 3.63) is 12.0 Å². The van der Waals surface area contributed by atoms with Crippen molar-refractivity contribution in [1.29, 1.82) is 0 Å². The Balaban J connectivity index is 2.43. The number of hydrogen-bond acceptors (Lipinski definition) is 4. The zero-order chi connectivity index (χ0) is 9.19. The second-order valence-corrected chi connectivity index (χ2v) is 6.58. The van der Waals surface area contributed by atoms with Crippen LogP contribution in [0.25, 0.3) is 0 Å². The first-order valence-corrected chi connectivity index (χ1v) is 6.67. The quantitative estimate of drug-likeness (QED) is 0.552. The summed E-state index contributed by atoms with van der Waals surface area (Å²) in [6.45, 7) is 4.32. The minimum Gasteiger partial charge on any atom is -0.287 e. The maximum Gasteiger partial charge on any atom is 0.476 e. The zero-order valence-corrected chi connectivity index (χ0v) is 9.36. The van der Waals surface area contributed by atoms with Crippen molar-refractivity contribution in [2.75, 3.05) is 7.11 Å². The summed E-state index contributed by atoms with van der Waals surface area (Å²) in [7, 11) is -0.464. The van der Waals surface area contributed by atoms with Gasteiger partial charge < -0.3 is 0 Å². The van der Waals surface area contributed by atoms with E-state index in [2.05, 4.69) is 31.2 Å². The van der Waals surface area contributed by atoms with E-state index in [4.69, 9.17) is 9.05 Å². The molecule has 0 aromatic rings. The van der Waals surface area contributed by atoms with E-state index in [1.807, 2.05) is 0 Å². The molecular formula is C7H15NO2PS+. The molecular weight excluding hydrogens is 193 g/mol. The summed E-state index contributed by atoms with van der Waals surface area (Å²) in [5.74, 6) is 0.615. The summed E-state index contributed by atoms with van der Waals surface area (Å²) in [6, 6.07) is 0. The molecule has 1 N–H and O–H groups in total. The third-order valence-corrected chi connectivity index (χ3v) is 4.03. The molecule has 0 aromatic heterocycles. The van der Waals surface area contributed by atoms with Crippen LogP contribution in [-0.4, -0.2) is 7.11 Å². The van der Waals surface area contributed by atoms with E-state index in [0.717, 1.165) is 12.1 Å². The van der Waals surface area contributed by atoms with E-state index in [9.17, 15) is 0 Å². The van der Waals surface area contributed by atoms with Gasteiger partial charge in [-0.3, -0.25) is 4.52 Å². The Kier molecular flexibility index (Phi) is 3.27. The lowest BCUT2D eigenvalue weighted by molar-refractivity contribution is 0.368. The van der Waals surface area contributed by atoms with Crippen LogP contribution >= 0.6 is 19.3 Å². The minimum atomic E-state index is -2.06. The van der Waals surface area contributed by atoms with E-state index < -0.39 is 7.07 Å². The molecule has 0 amide bonds. The summed E-state index contributed by atoms with van der Waals surface area (Å²) < 4.78 is 10.4. The van der Waals surface area contributed by atoms with E-state index >= 15 is 0 Å². The van der Waals surface area contributed by atoms with Crippen molar-refractivity contribution >= 4 is 19.3 Å². The van der Waals surface area contributed by atoms with Crippen LogP contribution in [0.2, 0.25) is 0 Å². The molecule has 5 heteroatoms. The maximum atomic E-state index is 5.28. The fourth-order valence-corrected chi connectivity index (χ4v) is 2.53. The SMILES string of the molecule is CO[P+]1(S)NC(CC(C)C)=CO1. The predicted octanol–water partition coefficient (Wildman–Crippen LogP) is 2.75. The van der Waals surface area contributed by atoms with Gasteiger partial charge in [-0.15, -0.1) is 0 Å². The molecule has 0 aliphatic carbocycles. The van der Waals surface area contributed by atoms with Crippen LogP contribution in [-0.2, 0) is 9.05 Å². The number of rotatable bonds is 3. The van der Waals surface area contributed by atoms with Crippen molar-refractivity contribution in [3.8, 4) is 0 Å². The molecule has 3 nitrogen and oxygen atoms in total. The minimum absolute atomic E-state index is 0.615. The van der Waals surface area contributed by atoms with Crippen LogP contribution in [0, 0.1) is 5.92 Å². The molecule has 0 radical (unpaired) electrons. The Bertz CT molecular complexity index is 198. The summed E-state index contributed by atoms with van der Waals surface area (Å²) in [6.07, 6.45) is 2.69. The Morgan fingerprint density at radius 2 is 2.42 bits per heavy atom. The first-order chi connectivity index (χ1) is 5.56. The van der Waals surface area contributed by atoms with Crippen LogP contribution in [0.5, 0.6) is 0 Å². The lowest BCUT2D eigenvalue weighted by Gasteiger charge is -2.09. The normalized spacial score (nSPS) is 28.2. The summed E-state index contributed by atoms with van der Waals surface area (Å²) in [5, 5.41) is 3.14. The van der Waals surface area contributed by atoms with Gasteiger partial charge in [0, 0.05) is 0 Å². The van der Waals surface area contributed by atoms with Gasteiger partial charge in [0.1, 0.15) is 0 Å². The Morgan fingerprint density at radius 3 is 2.83 bits per heavy atom. The van der Waals surface area contributed by atoms with Gasteiger partial charge in [-0.25, -0.2) is 0 Å². The van der Waals surface area contributed by atoms with Crippen LogP contribution in [0.15, 0.2) is 12.0 Å². The monoisotopic (exact) mass is 208 g/mol. The number of thiol groups is 1. The number of nitrogens with one attached hydrogen (secondary N) is 1. The van der Waals surface area contributed by atoms with Crippen LogP contribution in [0.1, 0.15) is 20.3 Å². The predicted molar refractivity (Wildman–Crippen MR) is 54.7 cm³/mol. The Morgan fingerprint density at radius 1 is 1.75 bits per heavy atom. The molecule has 0 spiro atoms. The van der Waals surface area contributed by atoms with Crippen molar-refractivity contribution in [2.45, 2.75) is 20.3 Å². The molecule has 1 rings (SSSR count). The number of hydrogen-bond donors (Lipinski definition) is 2. The van der Waals surface area contributed by atoms with Crippen LogP contribution in [0.3, 0.4) is 0 Å². The summed E-state index contributed by atoms with van der Waals surface area (Å²) in [4.78, 5) is 0. The van der Waals surface area contributed by atoms with Gasteiger partial charge in [-0.05, 0) is 12.3 Å². The maximum absolute atomic E-state index is 5.28. The molecule has 0 saturated heterocycles. The fraction of sp³-hybridized carbons (Fsp3) is 0.714. The molecule has 1 heterocycles. The molecule has 70 valence electrons. The zero-order valence-electron chi connectivity index (χ0n) is 7.57. The van der Waals surface area contributed by atoms with Gasteiger partial charge in [0.05, 0.1) is 25.1 Å². The topological polar surface area (TPSA) is 30.5 Å². The molecule has 1 aliphatic heterocycles. The van der Waals surface area contributed by atoms with Gasteiger partial charge in [0.15, 0.2) is 6.26 Å². The molecule has 1 aliphatic rings. The van der Waals surface area contributed by atoms with E-state index in [1.165, 1.54) is 0 Å². The van der Waals surface area contributed by atoms with Gasteiger partial charge in [-0.1, -0.05) is 13.8 Å². The second kappa shape index (κ2) is 3.86. The smallest absolute Gasteiger partial charge is 0.287 e. The highest BCUT2D eigenvalue weighted by Crippen LogP contribution is 2.65. The van der Waals surface area contributed by atoms with Crippen molar-refractivity contribution in [2.24, 2.45) is 5.92 Å². The first kappa shape index (κ1) is 10.2. The Hall–Kier alpha value is 0.0800. The molecule has 1 unspecified atom stereocenters. The highest BCUT2D eigenvalue weighted by molar-refractivity contribution is 8.48. The largest absolute Gasteiger partial charge is 0.476 e. The Labute approximate surface area is 79.2 Å². The van der Waals surface area contributed by atoms with E-state index in [-0.39, 0.29) is 0 Å². The third kappa shape index (κ3) is 2.54. The van der Waals surface area contributed by atoms with Crippen LogP contribution in [0.4, 0.5) is 0 Å². The van der Waals surface area contributed by atoms with Gasteiger partial charge >= 0.3 is 7.07 Å². The highest BCUT2D eigenvalue weighted by Gasteiger charge is 2.43. The van der Waals surface area contributed by atoms with Gasteiger partial charge in [0.2, 0.25) is 0 Å². The van der Waals surface area contributed by atoms with Crippen molar-refractivity contribution in [3.63, 3.8) is 0 Å².